The number of hydrogen-bond acceptors (Lipinski definition) is 4. The van der Waals surface area contributed by atoms with Gasteiger partial charge in [0.1, 0.15) is 11.8 Å². The fraction of sp³-hybridized carbons (Fsp3) is 0.364. The Kier molecular flexibility index (Phi) is 3.68. The average Bonchev–Trinajstić information content (AvgIpc) is 2.26. The molecular weight excluding hydrogens is 194 g/mol. The van der Waals surface area contributed by atoms with Crippen LogP contribution in [0.4, 0.5) is 0 Å². The lowest BCUT2D eigenvalue weighted by Gasteiger charge is -2.11. The molecule has 1 atom stereocenters. The van der Waals surface area contributed by atoms with Crippen LogP contribution in [-0.2, 0) is 9.53 Å². The molecule has 0 fully saturated rings. The monoisotopic (exact) mass is 209 g/mol. The highest BCUT2D eigenvalue weighted by Gasteiger charge is 2.16. The number of ether oxygens (including phenoxy) is 2. The van der Waals surface area contributed by atoms with Crippen LogP contribution in [0.1, 0.15) is 17.2 Å². The normalized spacial score (nSPS) is 12.0. The van der Waals surface area contributed by atoms with Gasteiger partial charge in [-0.2, -0.15) is 0 Å². The van der Waals surface area contributed by atoms with Crippen LogP contribution in [0.15, 0.2) is 18.2 Å². The van der Waals surface area contributed by atoms with Crippen LogP contribution in [-0.4, -0.2) is 20.2 Å². The standard InChI is InChI=1S/C11H15NO3/c1-7-6-8(4-5-9(7)14-2)10(12)11(13)15-3/h4-6,10H,12H2,1-3H3. The Morgan fingerprint density at radius 3 is 2.53 bits per heavy atom. The predicted octanol–water partition coefficient (Wildman–Crippen LogP) is 1.18. The molecular formula is C11H15NO3. The van der Waals surface area contributed by atoms with Gasteiger partial charge in [0.15, 0.2) is 0 Å². The molecule has 0 aliphatic heterocycles. The Labute approximate surface area is 89.0 Å². The predicted molar refractivity (Wildman–Crippen MR) is 56.7 cm³/mol. The maximum absolute atomic E-state index is 11.2. The van der Waals surface area contributed by atoms with Crippen molar-refractivity contribution in [3.8, 4) is 5.75 Å². The van der Waals surface area contributed by atoms with E-state index >= 15 is 0 Å². The van der Waals surface area contributed by atoms with Crippen molar-refractivity contribution in [1.29, 1.82) is 0 Å². The molecule has 2 N–H and O–H groups in total. The fourth-order valence-electron chi connectivity index (χ4n) is 1.36. The van der Waals surface area contributed by atoms with Gasteiger partial charge in [-0.3, -0.25) is 4.79 Å². The third-order valence-corrected chi connectivity index (χ3v) is 2.23. The summed E-state index contributed by atoms with van der Waals surface area (Å²) in [6.07, 6.45) is 0. The summed E-state index contributed by atoms with van der Waals surface area (Å²) in [5.74, 6) is 0.329. The van der Waals surface area contributed by atoms with E-state index in [1.54, 1.807) is 19.2 Å². The van der Waals surface area contributed by atoms with Gasteiger partial charge in [0.25, 0.3) is 0 Å². The molecule has 0 bridgehead atoms. The number of esters is 1. The van der Waals surface area contributed by atoms with E-state index in [9.17, 15) is 4.79 Å². The van der Waals surface area contributed by atoms with Crippen LogP contribution in [0, 0.1) is 6.92 Å². The first kappa shape index (κ1) is 11.5. The fourth-order valence-corrected chi connectivity index (χ4v) is 1.36. The molecule has 0 amide bonds. The largest absolute Gasteiger partial charge is 0.496 e. The molecule has 0 heterocycles. The van der Waals surface area contributed by atoms with E-state index in [0.29, 0.717) is 0 Å². The third-order valence-electron chi connectivity index (χ3n) is 2.23. The van der Waals surface area contributed by atoms with E-state index in [4.69, 9.17) is 10.5 Å². The highest BCUT2D eigenvalue weighted by atomic mass is 16.5. The molecule has 0 saturated heterocycles. The maximum Gasteiger partial charge on any atom is 0.327 e. The molecule has 1 aromatic rings. The Morgan fingerprint density at radius 2 is 2.07 bits per heavy atom. The smallest absolute Gasteiger partial charge is 0.327 e. The highest BCUT2D eigenvalue weighted by Crippen LogP contribution is 2.21. The maximum atomic E-state index is 11.2. The summed E-state index contributed by atoms with van der Waals surface area (Å²) < 4.78 is 9.68. The zero-order valence-corrected chi connectivity index (χ0v) is 9.11. The van der Waals surface area contributed by atoms with E-state index in [2.05, 4.69) is 4.74 Å². The molecule has 1 unspecified atom stereocenters. The second-order valence-electron chi connectivity index (χ2n) is 3.23. The van der Waals surface area contributed by atoms with Crippen molar-refractivity contribution in [1.82, 2.24) is 0 Å². The number of benzene rings is 1. The topological polar surface area (TPSA) is 61.5 Å². The second-order valence-corrected chi connectivity index (χ2v) is 3.23. The average molecular weight is 209 g/mol. The molecule has 15 heavy (non-hydrogen) atoms. The van der Waals surface area contributed by atoms with Crippen LogP contribution < -0.4 is 10.5 Å². The van der Waals surface area contributed by atoms with Gasteiger partial charge in [-0.25, -0.2) is 0 Å². The molecule has 0 aliphatic rings. The van der Waals surface area contributed by atoms with E-state index in [1.165, 1.54) is 7.11 Å². The quantitative estimate of drug-likeness (QED) is 0.759. The van der Waals surface area contributed by atoms with Gasteiger partial charge in [-0.15, -0.1) is 0 Å². The minimum atomic E-state index is -0.736. The Bertz CT molecular complexity index is 363. The van der Waals surface area contributed by atoms with Gasteiger partial charge in [-0.1, -0.05) is 12.1 Å². The molecule has 4 heteroatoms. The van der Waals surface area contributed by atoms with Crippen molar-refractivity contribution in [2.75, 3.05) is 14.2 Å². The van der Waals surface area contributed by atoms with Crippen LogP contribution in [0.2, 0.25) is 0 Å². The minimum Gasteiger partial charge on any atom is -0.496 e. The molecule has 0 radical (unpaired) electrons. The molecule has 0 saturated carbocycles. The summed E-state index contributed by atoms with van der Waals surface area (Å²) in [5, 5.41) is 0. The van der Waals surface area contributed by atoms with Crippen LogP contribution >= 0.6 is 0 Å². The molecule has 82 valence electrons. The van der Waals surface area contributed by atoms with Gasteiger partial charge in [0.2, 0.25) is 0 Å². The summed E-state index contributed by atoms with van der Waals surface area (Å²) in [7, 11) is 2.92. The van der Waals surface area contributed by atoms with E-state index in [0.717, 1.165) is 16.9 Å². The van der Waals surface area contributed by atoms with E-state index in [1.807, 2.05) is 13.0 Å². The number of nitrogens with two attached hydrogens (primary N) is 1. The van der Waals surface area contributed by atoms with Crippen molar-refractivity contribution in [2.24, 2.45) is 5.73 Å². The molecule has 0 spiro atoms. The lowest BCUT2D eigenvalue weighted by molar-refractivity contribution is -0.142. The summed E-state index contributed by atoms with van der Waals surface area (Å²) in [4.78, 5) is 11.2. The van der Waals surface area contributed by atoms with Crippen LogP contribution in [0.5, 0.6) is 5.75 Å². The summed E-state index contributed by atoms with van der Waals surface area (Å²) >= 11 is 0. The molecule has 0 aliphatic carbocycles. The first-order valence-electron chi connectivity index (χ1n) is 4.58. The van der Waals surface area contributed by atoms with Crippen molar-refractivity contribution in [3.63, 3.8) is 0 Å². The summed E-state index contributed by atoms with van der Waals surface area (Å²) in [5.41, 5.74) is 7.36. The Balaban J connectivity index is 2.97. The van der Waals surface area contributed by atoms with Crippen molar-refractivity contribution >= 4 is 5.97 Å². The third kappa shape index (κ3) is 2.47. The summed E-state index contributed by atoms with van der Waals surface area (Å²) in [6.45, 7) is 1.90. The lowest BCUT2D eigenvalue weighted by Crippen LogP contribution is -2.22. The second kappa shape index (κ2) is 4.79. The first-order valence-corrected chi connectivity index (χ1v) is 4.58. The molecule has 0 aromatic heterocycles. The Hall–Kier alpha value is -1.55. The van der Waals surface area contributed by atoms with Gasteiger partial charge >= 0.3 is 5.97 Å². The van der Waals surface area contributed by atoms with Crippen molar-refractivity contribution in [3.05, 3.63) is 29.3 Å². The van der Waals surface area contributed by atoms with Crippen LogP contribution in [0.3, 0.4) is 0 Å². The van der Waals surface area contributed by atoms with E-state index < -0.39 is 12.0 Å². The number of methoxy groups -OCH3 is 2. The van der Waals surface area contributed by atoms with E-state index in [-0.39, 0.29) is 0 Å². The van der Waals surface area contributed by atoms with Crippen molar-refractivity contribution < 1.29 is 14.3 Å². The molecule has 1 rings (SSSR count). The van der Waals surface area contributed by atoms with Crippen LogP contribution in [0.25, 0.3) is 0 Å². The number of aryl methyl sites for hydroxylation is 1. The zero-order valence-electron chi connectivity index (χ0n) is 9.11. The van der Waals surface area contributed by atoms with Gasteiger partial charge < -0.3 is 15.2 Å². The Morgan fingerprint density at radius 1 is 1.40 bits per heavy atom. The zero-order chi connectivity index (χ0) is 11.4. The van der Waals surface area contributed by atoms with Gasteiger partial charge in [-0.05, 0) is 24.1 Å². The minimum absolute atomic E-state index is 0.445. The van der Waals surface area contributed by atoms with Crippen molar-refractivity contribution in [2.45, 2.75) is 13.0 Å². The lowest BCUT2D eigenvalue weighted by atomic mass is 10.0. The molecule has 4 nitrogen and oxygen atoms in total. The van der Waals surface area contributed by atoms with Gasteiger partial charge in [0.05, 0.1) is 14.2 Å². The summed E-state index contributed by atoms with van der Waals surface area (Å²) in [6, 6.07) is 4.63. The highest BCUT2D eigenvalue weighted by molar-refractivity contribution is 5.77. The SMILES string of the molecule is COC(=O)C(N)c1ccc(OC)c(C)c1. The number of rotatable bonds is 3. The number of hydrogen-bond donors (Lipinski definition) is 1. The first-order chi connectivity index (χ1) is 7.10. The van der Waals surface area contributed by atoms with Gasteiger partial charge in [0, 0.05) is 0 Å². The molecule has 1 aromatic carbocycles. The number of carbonyl (C=O) groups is 1. The number of carbonyl (C=O) groups excluding carboxylic acids is 1.